The maximum atomic E-state index is 11.8. The summed E-state index contributed by atoms with van der Waals surface area (Å²) < 4.78 is 5.47. The van der Waals surface area contributed by atoms with Crippen LogP contribution in [0.5, 0.6) is 5.75 Å². The first-order valence-corrected chi connectivity index (χ1v) is 6.40. The summed E-state index contributed by atoms with van der Waals surface area (Å²) in [6.45, 7) is 1.66. The van der Waals surface area contributed by atoms with Crippen LogP contribution in [0.3, 0.4) is 0 Å². The van der Waals surface area contributed by atoms with E-state index in [4.69, 9.17) is 16.3 Å². The Bertz CT molecular complexity index is 516. The van der Waals surface area contributed by atoms with Crippen molar-refractivity contribution in [3.63, 3.8) is 0 Å². The highest BCUT2D eigenvalue weighted by atomic mass is 35.5. The summed E-state index contributed by atoms with van der Waals surface area (Å²) >= 11 is 7.01. The molecule has 1 aromatic heterocycles. The van der Waals surface area contributed by atoms with Gasteiger partial charge >= 0.3 is 0 Å². The van der Waals surface area contributed by atoms with E-state index in [-0.39, 0.29) is 5.91 Å². The van der Waals surface area contributed by atoms with E-state index < -0.39 is 6.10 Å². The third kappa shape index (κ3) is 3.41. The van der Waals surface area contributed by atoms with Crippen LogP contribution in [-0.2, 0) is 4.79 Å². The van der Waals surface area contributed by atoms with Crippen LogP contribution in [0.15, 0.2) is 29.8 Å². The van der Waals surface area contributed by atoms with Crippen molar-refractivity contribution < 1.29 is 9.53 Å². The van der Waals surface area contributed by atoms with Crippen molar-refractivity contribution in [1.29, 1.82) is 0 Å². The van der Waals surface area contributed by atoms with Gasteiger partial charge in [0.1, 0.15) is 11.3 Å². The fourth-order valence-electron chi connectivity index (χ4n) is 1.21. The summed E-state index contributed by atoms with van der Waals surface area (Å²) in [7, 11) is 0. The first-order chi connectivity index (χ1) is 8.65. The van der Waals surface area contributed by atoms with Gasteiger partial charge in [0.05, 0.1) is 0 Å². The first kappa shape index (κ1) is 12.8. The van der Waals surface area contributed by atoms with Gasteiger partial charge in [-0.25, -0.2) is 0 Å². The van der Waals surface area contributed by atoms with Gasteiger partial charge in [0.2, 0.25) is 5.13 Å². The van der Waals surface area contributed by atoms with Crippen LogP contribution in [0.1, 0.15) is 6.92 Å². The molecule has 1 N–H and O–H groups in total. The van der Waals surface area contributed by atoms with Crippen LogP contribution in [0, 0.1) is 0 Å². The number of halogens is 1. The maximum absolute atomic E-state index is 11.8. The van der Waals surface area contributed by atoms with E-state index in [1.807, 2.05) is 0 Å². The van der Waals surface area contributed by atoms with Gasteiger partial charge in [-0.15, -0.1) is 10.2 Å². The van der Waals surface area contributed by atoms with E-state index in [9.17, 15) is 4.79 Å². The monoisotopic (exact) mass is 283 g/mol. The molecule has 0 radical (unpaired) electrons. The second kappa shape index (κ2) is 5.79. The van der Waals surface area contributed by atoms with Crippen molar-refractivity contribution in [2.75, 3.05) is 5.32 Å². The number of amides is 1. The number of carbonyl (C=O) groups excluding carboxylic acids is 1. The van der Waals surface area contributed by atoms with Gasteiger partial charge in [-0.1, -0.05) is 22.9 Å². The number of rotatable bonds is 4. The number of carbonyl (C=O) groups is 1. The lowest BCUT2D eigenvalue weighted by Crippen LogP contribution is -2.30. The zero-order valence-corrected chi connectivity index (χ0v) is 11.0. The minimum atomic E-state index is -0.630. The number of hydrogen-bond acceptors (Lipinski definition) is 5. The molecule has 0 saturated carbocycles. The number of benzene rings is 1. The lowest BCUT2D eigenvalue weighted by atomic mass is 10.3. The minimum absolute atomic E-state index is 0.276. The van der Waals surface area contributed by atoms with Crippen molar-refractivity contribution in [2.45, 2.75) is 13.0 Å². The Morgan fingerprint density at radius 1 is 1.44 bits per heavy atom. The fourth-order valence-corrected chi connectivity index (χ4v) is 1.78. The molecule has 1 heterocycles. The smallest absolute Gasteiger partial charge is 0.266 e. The van der Waals surface area contributed by atoms with E-state index in [0.29, 0.717) is 15.9 Å². The van der Waals surface area contributed by atoms with E-state index in [1.54, 1.807) is 36.7 Å². The van der Waals surface area contributed by atoms with Crippen LogP contribution in [0.2, 0.25) is 5.02 Å². The molecule has 0 aliphatic rings. The molecule has 1 aromatic carbocycles. The predicted molar refractivity (Wildman–Crippen MR) is 70.1 cm³/mol. The molecule has 2 rings (SSSR count). The summed E-state index contributed by atoms with van der Waals surface area (Å²) in [6.07, 6.45) is -0.630. The van der Waals surface area contributed by atoms with Gasteiger partial charge in [-0.05, 0) is 31.2 Å². The molecule has 2 aromatic rings. The van der Waals surface area contributed by atoms with Gasteiger partial charge in [0, 0.05) is 5.02 Å². The number of nitrogens with one attached hydrogen (secondary N) is 1. The number of nitrogens with zero attached hydrogens (tertiary/aromatic N) is 2. The Morgan fingerprint density at radius 2 is 2.17 bits per heavy atom. The highest BCUT2D eigenvalue weighted by Crippen LogP contribution is 2.17. The Hall–Kier alpha value is -1.66. The molecule has 0 fully saturated rings. The van der Waals surface area contributed by atoms with Crippen molar-refractivity contribution in [2.24, 2.45) is 0 Å². The molecule has 0 bridgehead atoms. The highest BCUT2D eigenvalue weighted by Gasteiger charge is 2.15. The number of hydrogen-bond donors (Lipinski definition) is 1. The molecule has 0 aliphatic carbocycles. The average molecular weight is 284 g/mol. The average Bonchev–Trinajstić information content (AvgIpc) is 2.85. The zero-order valence-electron chi connectivity index (χ0n) is 9.46. The lowest BCUT2D eigenvalue weighted by molar-refractivity contribution is -0.122. The molecule has 5 nitrogen and oxygen atoms in total. The van der Waals surface area contributed by atoms with Crippen LogP contribution in [0.25, 0.3) is 0 Å². The predicted octanol–water partition coefficient (Wildman–Crippen LogP) is 2.60. The molecular formula is C11H10ClN3O2S. The first-order valence-electron chi connectivity index (χ1n) is 5.14. The third-order valence-corrected chi connectivity index (χ3v) is 2.94. The molecule has 0 spiro atoms. The molecule has 1 amide bonds. The molecule has 0 unspecified atom stereocenters. The molecule has 1 atom stereocenters. The Kier molecular flexibility index (Phi) is 4.11. The quantitative estimate of drug-likeness (QED) is 0.937. The van der Waals surface area contributed by atoms with Crippen LogP contribution >= 0.6 is 22.9 Å². The second-order valence-electron chi connectivity index (χ2n) is 3.45. The standard InChI is InChI=1S/C11H10ClN3O2S/c1-7(10(16)14-11-15-13-6-18-11)17-9-4-2-8(12)3-5-9/h2-7H,1H3,(H,14,15,16)/t7-/m0/s1. The summed E-state index contributed by atoms with van der Waals surface area (Å²) in [4.78, 5) is 11.8. The van der Waals surface area contributed by atoms with Crippen molar-refractivity contribution in [1.82, 2.24) is 10.2 Å². The third-order valence-electron chi connectivity index (χ3n) is 2.09. The van der Waals surface area contributed by atoms with Gasteiger partial charge in [0.15, 0.2) is 6.10 Å². The SMILES string of the molecule is C[C@H](Oc1ccc(Cl)cc1)C(=O)Nc1nncs1. The topological polar surface area (TPSA) is 64.1 Å². The fraction of sp³-hybridized carbons (Fsp3) is 0.182. The van der Waals surface area contributed by atoms with Crippen LogP contribution in [-0.4, -0.2) is 22.2 Å². The van der Waals surface area contributed by atoms with E-state index in [0.717, 1.165) is 0 Å². The van der Waals surface area contributed by atoms with Crippen molar-refractivity contribution >= 4 is 34.0 Å². The number of aromatic nitrogens is 2. The molecule has 0 aliphatic heterocycles. The molecule has 18 heavy (non-hydrogen) atoms. The Labute approximate surface area is 113 Å². The Balaban J connectivity index is 1.93. The van der Waals surface area contributed by atoms with Crippen molar-refractivity contribution in [3.8, 4) is 5.75 Å². The van der Waals surface area contributed by atoms with Crippen LogP contribution in [0.4, 0.5) is 5.13 Å². The van der Waals surface area contributed by atoms with Gasteiger partial charge in [0.25, 0.3) is 5.91 Å². The zero-order chi connectivity index (χ0) is 13.0. The maximum Gasteiger partial charge on any atom is 0.266 e. The highest BCUT2D eigenvalue weighted by molar-refractivity contribution is 7.13. The Morgan fingerprint density at radius 3 is 2.78 bits per heavy atom. The summed E-state index contributed by atoms with van der Waals surface area (Å²) in [5.74, 6) is 0.306. The molecule has 94 valence electrons. The molecule has 7 heteroatoms. The van der Waals surface area contributed by atoms with Gasteiger partial charge in [-0.3, -0.25) is 10.1 Å². The van der Waals surface area contributed by atoms with Gasteiger partial charge in [-0.2, -0.15) is 0 Å². The number of anilines is 1. The normalized spacial score (nSPS) is 11.9. The van der Waals surface area contributed by atoms with Gasteiger partial charge < -0.3 is 4.74 Å². The molecular weight excluding hydrogens is 274 g/mol. The summed E-state index contributed by atoms with van der Waals surface area (Å²) in [6, 6.07) is 6.81. The van der Waals surface area contributed by atoms with E-state index in [1.165, 1.54) is 11.3 Å². The summed E-state index contributed by atoms with van der Waals surface area (Å²) in [5.41, 5.74) is 1.54. The largest absolute Gasteiger partial charge is 0.481 e. The minimum Gasteiger partial charge on any atom is -0.481 e. The second-order valence-corrected chi connectivity index (χ2v) is 4.72. The lowest BCUT2D eigenvalue weighted by Gasteiger charge is -2.13. The van der Waals surface area contributed by atoms with E-state index in [2.05, 4.69) is 15.5 Å². The summed E-state index contributed by atoms with van der Waals surface area (Å²) in [5, 5.41) is 11.0. The molecule has 0 saturated heterocycles. The number of ether oxygens (including phenoxy) is 1. The van der Waals surface area contributed by atoms with E-state index >= 15 is 0 Å². The van der Waals surface area contributed by atoms with Crippen molar-refractivity contribution in [3.05, 3.63) is 34.8 Å². The van der Waals surface area contributed by atoms with Crippen LogP contribution < -0.4 is 10.1 Å².